The van der Waals surface area contributed by atoms with E-state index in [-0.39, 0.29) is 5.91 Å². The van der Waals surface area contributed by atoms with Gasteiger partial charge in [-0.2, -0.15) is 0 Å². The molecule has 0 aliphatic heterocycles. The molecule has 0 bridgehead atoms. The second-order valence-electron chi connectivity index (χ2n) is 5.97. The summed E-state index contributed by atoms with van der Waals surface area (Å²) in [6.45, 7) is 0.437. The first kappa shape index (κ1) is 17.6. The number of rotatable bonds is 5. The first-order valence-corrected chi connectivity index (χ1v) is 9.61. The summed E-state index contributed by atoms with van der Waals surface area (Å²) in [5.41, 5.74) is 2.41. The van der Waals surface area contributed by atoms with Crippen LogP contribution in [-0.2, 0) is 6.54 Å². The highest BCUT2D eigenvalue weighted by Gasteiger charge is 2.19. The topological polar surface area (TPSA) is 57.8 Å². The number of halogens is 1. The molecule has 0 saturated carbocycles. The van der Waals surface area contributed by atoms with Gasteiger partial charge < -0.3 is 10.3 Å². The number of H-pyrrole nitrogens is 1. The predicted octanol–water partition coefficient (Wildman–Crippen LogP) is 5.30. The second kappa shape index (κ2) is 7.86. The van der Waals surface area contributed by atoms with Crippen molar-refractivity contribution in [3.63, 3.8) is 0 Å². The molecule has 0 aliphatic rings. The molecule has 1 amide bonds. The number of fused-ring (bicyclic) bond motifs is 1. The van der Waals surface area contributed by atoms with Crippen molar-refractivity contribution in [2.45, 2.75) is 16.3 Å². The van der Waals surface area contributed by atoms with Gasteiger partial charge >= 0.3 is 0 Å². The van der Waals surface area contributed by atoms with Crippen LogP contribution in [0.15, 0.2) is 82.8 Å². The van der Waals surface area contributed by atoms with Crippen LogP contribution in [0.1, 0.15) is 16.1 Å². The number of carbonyl (C=O) groups is 1. The third-order valence-electron chi connectivity index (χ3n) is 4.11. The van der Waals surface area contributed by atoms with Crippen LogP contribution in [0.3, 0.4) is 0 Å². The van der Waals surface area contributed by atoms with Gasteiger partial charge in [0.1, 0.15) is 5.69 Å². The van der Waals surface area contributed by atoms with E-state index in [0.717, 1.165) is 26.3 Å². The van der Waals surface area contributed by atoms with Crippen LogP contribution in [-0.4, -0.2) is 15.9 Å². The number of benzene rings is 2. The quantitative estimate of drug-likeness (QED) is 0.484. The van der Waals surface area contributed by atoms with Crippen molar-refractivity contribution in [3.8, 4) is 0 Å². The zero-order valence-electron chi connectivity index (χ0n) is 14.3. The maximum absolute atomic E-state index is 12.9. The van der Waals surface area contributed by atoms with E-state index < -0.39 is 0 Å². The summed E-state index contributed by atoms with van der Waals surface area (Å²) in [4.78, 5) is 22.0. The summed E-state index contributed by atoms with van der Waals surface area (Å²) in [7, 11) is 0. The molecule has 2 aromatic carbocycles. The highest BCUT2D eigenvalue weighted by molar-refractivity contribution is 7.99. The minimum atomic E-state index is -0.155. The average Bonchev–Trinajstić information content (AvgIpc) is 3.05. The van der Waals surface area contributed by atoms with Gasteiger partial charge in [-0.05, 0) is 48.0 Å². The summed E-state index contributed by atoms with van der Waals surface area (Å²) >= 11 is 7.74. The molecule has 6 heteroatoms. The van der Waals surface area contributed by atoms with E-state index in [1.165, 1.54) is 0 Å². The van der Waals surface area contributed by atoms with Gasteiger partial charge in [-0.1, -0.05) is 41.6 Å². The van der Waals surface area contributed by atoms with Crippen LogP contribution in [0.4, 0.5) is 0 Å². The van der Waals surface area contributed by atoms with E-state index in [1.807, 2.05) is 60.7 Å². The summed E-state index contributed by atoms with van der Waals surface area (Å²) in [5.74, 6) is -0.155. The Labute approximate surface area is 166 Å². The van der Waals surface area contributed by atoms with E-state index in [2.05, 4.69) is 15.3 Å². The summed E-state index contributed by atoms with van der Waals surface area (Å²) in [5, 5.41) is 4.55. The van der Waals surface area contributed by atoms with E-state index >= 15 is 0 Å². The molecule has 0 aliphatic carbocycles. The van der Waals surface area contributed by atoms with Crippen LogP contribution in [0, 0.1) is 0 Å². The van der Waals surface area contributed by atoms with E-state index in [1.54, 1.807) is 24.2 Å². The van der Waals surface area contributed by atoms with Crippen molar-refractivity contribution in [2.24, 2.45) is 0 Å². The maximum Gasteiger partial charge on any atom is 0.269 e. The fourth-order valence-corrected chi connectivity index (χ4v) is 4.01. The van der Waals surface area contributed by atoms with E-state index in [4.69, 9.17) is 11.6 Å². The summed E-state index contributed by atoms with van der Waals surface area (Å²) in [6, 6.07) is 19.3. The van der Waals surface area contributed by atoms with Crippen molar-refractivity contribution < 1.29 is 4.79 Å². The number of hydrogen-bond donors (Lipinski definition) is 2. The van der Waals surface area contributed by atoms with Gasteiger partial charge in [0.25, 0.3) is 5.91 Å². The van der Waals surface area contributed by atoms with Crippen molar-refractivity contribution in [1.29, 1.82) is 0 Å². The molecule has 2 N–H and O–H groups in total. The zero-order chi connectivity index (χ0) is 18.6. The Morgan fingerprint density at radius 2 is 1.85 bits per heavy atom. The lowest BCUT2D eigenvalue weighted by atomic mass is 10.2. The molecule has 2 aromatic heterocycles. The minimum absolute atomic E-state index is 0.155. The number of pyridine rings is 1. The fraction of sp³-hybridized carbons (Fsp3) is 0.0476. The molecular formula is C21H16ClN3OS. The smallest absolute Gasteiger partial charge is 0.269 e. The van der Waals surface area contributed by atoms with Crippen molar-refractivity contribution in [1.82, 2.24) is 15.3 Å². The first-order valence-electron chi connectivity index (χ1n) is 8.42. The molecule has 0 unspecified atom stereocenters. The van der Waals surface area contributed by atoms with Gasteiger partial charge in [-0.3, -0.25) is 9.78 Å². The molecule has 0 fully saturated rings. The molecule has 4 aromatic rings. The standard InChI is InChI=1S/C21H16ClN3OS/c22-15-6-7-18-17(12-15)20(27-16-4-2-1-3-5-16)19(25-18)21(26)24-13-14-8-10-23-11-9-14/h1-12,25H,13H2,(H,24,26). The Hall–Kier alpha value is -2.76. The first-order chi connectivity index (χ1) is 13.2. The SMILES string of the molecule is O=C(NCc1ccncc1)c1[nH]c2ccc(Cl)cc2c1Sc1ccccc1. The van der Waals surface area contributed by atoms with E-state index in [0.29, 0.717) is 17.3 Å². The van der Waals surface area contributed by atoms with E-state index in [9.17, 15) is 4.79 Å². The Morgan fingerprint density at radius 1 is 1.07 bits per heavy atom. The third-order valence-corrected chi connectivity index (χ3v) is 5.48. The highest BCUT2D eigenvalue weighted by Crippen LogP contribution is 2.37. The van der Waals surface area contributed by atoms with Crippen LogP contribution < -0.4 is 5.32 Å². The molecule has 0 spiro atoms. The largest absolute Gasteiger partial charge is 0.350 e. The molecule has 0 atom stereocenters. The highest BCUT2D eigenvalue weighted by atomic mass is 35.5. The average molecular weight is 394 g/mol. The number of aromatic nitrogens is 2. The van der Waals surface area contributed by atoms with Crippen LogP contribution in [0.2, 0.25) is 5.02 Å². The molecular weight excluding hydrogens is 378 g/mol. The number of amides is 1. The lowest BCUT2D eigenvalue weighted by Crippen LogP contribution is -2.23. The molecule has 27 heavy (non-hydrogen) atoms. The third kappa shape index (κ3) is 3.99. The molecule has 4 rings (SSSR count). The van der Waals surface area contributed by atoms with Gasteiger partial charge in [0.05, 0.1) is 4.90 Å². The molecule has 0 radical (unpaired) electrons. The Morgan fingerprint density at radius 3 is 2.63 bits per heavy atom. The van der Waals surface area contributed by atoms with Crippen LogP contribution in [0.5, 0.6) is 0 Å². The number of carbonyl (C=O) groups excluding carboxylic acids is 1. The Bertz CT molecular complexity index is 1080. The monoisotopic (exact) mass is 393 g/mol. The van der Waals surface area contributed by atoms with Crippen LogP contribution >= 0.6 is 23.4 Å². The van der Waals surface area contributed by atoms with Crippen molar-refractivity contribution in [3.05, 3.63) is 89.3 Å². The number of nitrogens with zero attached hydrogens (tertiary/aromatic N) is 1. The molecule has 0 saturated heterocycles. The minimum Gasteiger partial charge on any atom is -0.350 e. The lowest BCUT2D eigenvalue weighted by molar-refractivity contribution is 0.0944. The molecule has 134 valence electrons. The Kier molecular flexibility index (Phi) is 5.14. The Balaban J connectivity index is 1.68. The van der Waals surface area contributed by atoms with Crippen molar-refractivity contribution >= 4 is 40.2 Å². The van der Waals surface area contributed by atoms with Crippen LogP contribution in [0.25, 0.3) is 10.9 Å². The number of nitrogens with one attached hydrogen (secondary N) is 2. The van der Waals surface area contributed by atoms with Gasteiger partial charge in [-0.15, -0.1) is 0 Å². The molecule has 4 nitrogen and oxygen atoms in total. The van der Waals surface area contributed by atoms with Crippen molar-refractivity contribution in [2.75, 3.05) is 0 Å². The number of aromatic amines is 1. The maximum atomic E-state index is 12.9. The summed E-state index contributed by atoms with van der Waals surface area (Å²) < 4.78 is 0. The van der Waals surface area contributed by atoms with Gasteiger partial charge in [0.15, 0.2) is 0 Å². The number of hydrogen-bond acceptors (Lipinski definition) is 3. The zero-order valence-corrected chi connectivity index (χ0v) is 15.8. The molecule has 2 heterocycles. The lowest BCUT2D eigenvalue weighted by Gasteiger charge is -2.07. The normalized spacial score (nSPS) is 10.9. The predicted molar refractivity (Wildman–Crippen MR) is 109 cm³/mol. The second-order valence-corrected chi connectivity index (χ2v) is 7.49. The summed E-state index contributed by atoms with van der Waals surface area (Å²) in [6.07, 6.45) is 3.42. The van der Waals surface area contributed by atoms with Gasteiger partial charge in [0, 0.05) is 39.8 Å². The van der Waals surface area contributed by atoms with Gasteiger partial charge in [0.2, 0.25) is 0 Å². The van der Waals surface area contributed by atoms with Gasteiger partial charge in [-0.25, -0.2) is 0 Å². The fourth-order valence-electron chi connectivity index (χ4n) is 2.78.